The Kier molecular flexibility index (Phi) is 3.82. The standard InChI is InChI=1S/C20H34N2O2/c1-17-7-15-8-18(2,10-17)12-19(9-15,11-17)16(23)21-13-20(14-24-3)5-4-6-22-20/h15,22H,4-14H2,1-3H3,(H,21,23). The van der Waals surface area contributed by atoms with Crippen LogP contribution in [0.25, 0.3) is 0 Å². The van der Waals surface area contributed by atoms with E-state index in [2.05, 4.69) is 24.5 Å². The Hall–Kier alpha value is -0.610. The van der Waals surface area contributed by atoms with Crippen molar-refractivity contribution in [2.45, 2.75) is 70.8 Å². The minimum atomic E-state index is -0.101. The van der Waals surface area contributed by atoms with E-state index in [1.165, 1.54) is 25.7 Å². The van der Waals surface area contributed by atoms with Crippen LogP contribution in [0.15, 0.2) is 0 Å². The van der Waals surface area contributed by atoms with Crippen LogP contribution in [0.3, 0.4) is 0 Å². The summed E-state index contributed by atoms with van der Waals surface area (Å²) in [6.07, 6.45) is 9.58. The van der Waals surface area contributed by atoms with E-state index in [9.17, 15) is 4.79 Å². The van der Waals surface area contributed by atoms with Crippen molar-refractivity contribution in [3.05, 3.63) is 0 Å². The second-order valence-corrected chi connectivity index (χ2v) is 10.3. The number of carbonyl (C=O) groups excluding carboxylic acids is 1. The minimum Gasteiger partial charge on any atom is -0.383 e. The lowest BCUT2D eigenvalue weighted by atomic mass is 9.40. The Morgan fingerprint density at radius 2 is 1.88 bits per heavy atom. The Balaban J connectivity index is 1.48. The molecule has 5 aliphatic rings. The van der Waals surface area contributed by atoms with Gasteiger partial charge in [-0.2, -0.15) is 0 Å². The van der Waals surface area contributed by atoms with Crippen molar-refractivity contribution < 1.29 is 9.53 Å². The number of rotatable bonds is 5. The number of methoxy groups -OCH3 is 1. The van der Waals surface area contributed by atoms with Gasteiger partial charge in [0.25, 0.3) is 0 Å². The van der Waals surface area contributed by atoms with Gasteiger partial charge in [0.05, 0.1) is 17.6 Å². The van der Waals surface area contributed by atoms with Crippen LogP contribution < -0.4 is 10.6 Å². The molecule has 1 amide bonds. The Bertz CT molecular complexity index is 508. The molecule has 4 saturated carbocycles. The molecular formula is C20H34N2O2. The minimum absolute atomic E-state index is 0.0551. The van der Waals surface area contributed by atoms with Gasteiger partial charge in [-0.1, -0.05) is 13.8 Å². The lowest BCUT2D eigenvalue weighted by Gasteiger charge is -2.64. The Morgan fingerprint density at radius 1 is 1.17 bits per heavy atom. The molecule has 24 heavy (non-hydrogen) atoms. The number of hydrogen-bond donors (Lipinski definition) is 2. The molecule has 136 valence electrons. The molecule has 4 nitrogen and oxygen atoms in total. The summed E-state index contributed by atoms with van der Waals surface area (Å²) in [6.45, 7) is 7.28. The van der Waals surface area contributed by atoms with Crippen LogP contribution in [-0.2, 0) is 9.53 Å². The highest BCUT2D eigenvalue weighted by Gasteiger charge is 2.62. The lowest BCUT2D eigenvalue weighted by molar-refractivity contribution is -0.170. The van der Waals surface area contributed by atoms with Gasteiger partial charge in [-0.05, 0) is 74.7 Å². The van der Waals surface area contributed by atoms with Gasteiger partial charge >= 0.3 is 0 Å². The Morgan fingerprint density at radius 3 is 2.42 bits per heavy atom. The topological polar surface area (TPSA) is 50.4 Å². The van der Waals surface area contributed by atoms with Crippen molar-refractivity contribution in [1.82, 2.24) is 10.6 Å². The average Bonchev–Trinajstić information content (AvgIpc) is 2.90. The maximum absolute atomic E-state index is 13.3. The molecule has 3 atom stereocenters. The van der Waals surface area contributed by atoms with Gasteiger partial charge in [0.2, 0.25) is 5.91 Å². The van der Waals surface area contributed by atoms with Crippen LogP contribution in [0.4, 0.5) is 0 Å². The maximum Gasteiger partial charge on any atom is 0.226 e. The third-order valence-corrected chi connectivity index (χ3v) is 7.45. The number of carbonyl (C=O) groups is 1. The number of amides is 1. The van der Waals surface area contributed by atoms with Gasteiger partial charge in [-0.25, -0.2) is 0 Å². The van der Waals surface area contributed by atoms with E-state index in [4.69, 9.17) is 4.74 Å². The summed E-state index contributed by atoms with van der Waals surface area (Å²) in [7, 11) is 1.75. The second kappa shape index (κ2) is 5.44. The highest BCUT2D eigenvalue weighted by Crippen LogP contribution is 2.69. The van der Waals surface area contributed by atoms with E-state index in [0.29, 0.717) is 29.9 Å². The van der Waals surface area contributed by atoms with Gasteiger partial charge in [0.15, 0.2) is 0 Å². The molecule has 5 rings (SSSR count). The summed E-state index contributed by atoms with van der Waals surface area (Å²) in [5.41, 5.74) is 0.624. The molecular weight excluding hydrogens is 300 g/mol. The molecule has 0 radical (unpaired) electrons. The predicted molar refractivity (Wildman–Crippen MR) is 94.7 cm³/mol. The highest BCUT2D eigenvalue weighted by molar-refractivity contribution is 5.83. The number of hydrogen-bond acceptors (Lipinski definition) is 3. The first-order valence-electron chi connectivity index (χ1n) is 9.83. The molecule has 4 aliphatic carbocycles. The summed E-state index contributed by atoms with van der Waals surface area (Å²) in [6, 6.07) is 0. The van der Waals surface area contributed by atoms with Crippen molar-refractivity contribution in [3.8, 4) is 0 Å². The van der Waals surface area contributed by atoms with Crippen molar-refractivity contribution in [3.63, 3.8) is 0 Å². The molecule has 0 spiro atoms. The lowest BCUT2D eigenvalue weighted by Crippen LogP contribution is -2.61. The molecule has 4 bridgehead atoms. The molecule has 3 unspecified atom stereocenters. The SMILES string of the molecule is COCC1(CNC(=O)C23CC4CC(C)(CC(C)(C4)C2)C3)CCCN1. The summed E-state index contributed by atoms with van der Waals surface area (Å²) < 4.78 is 5.43. The maximum atomic E-state index is 13.3. The van der Waals surface area contributed by atoms with Crippen molar-refractivity contribution in [1.29, 1.82) is 0 Å². The molecule has 2 N–H and O–H groups in total. The fourth-order valence-corrected chi connectivity index (χ4v) is 7.61. The predicted octanol–water partition coefficient (Wildman–Crippen LogP) is 2.87. The normalized spacial score (nSPS) is 49.5. The molecule has 1 heterocycles. The van der Waals surface area contributed by atoms with E-state index in [1.807, 2.05) is 0 Å². The molecule has 4 heteroatoms. The zero-order chi connectivity index (χ0) is 17.1. The summed E-state index contributed by atoms with van der Waals surface area (Å²) in [5.74, 6) is 1.09. The molecule has 1 aliphatic heterocycles. The number of ether oxygens (including phenoxy) is 1. The highest BCUT2D eigenvalue weighted by atomic mass is 16.5. The third kappa shape index (κ3) is 2.70. The summed E-state index contributed by atoms with van der Waals surface area (Å²) in [4.78, 5) is 13.3. The first-order valence-corrected chi connectivity index (χ1v) is 9.83. The fourth-order valence-electron chi connectivity index (χ4n) is 7.61. The molecule has 0 aromatic carbocycles. The van der Waals surface area contributed by atoms with Gasteiger partial charge in [-0.15, -0.1) is 0 Å². The molecule has 1 saturated heterocycles. The van der Waals surface area contributed by atoms with Crippen LogP contribution >= 0.6 is 0 Å². The van der Waals surface area contributed by atoms with Crippen LogP contribution in [0, 0.1) is 22.2 Å². The molecule has 0 aromatic rings. The van der Waals surface area contributed by atoms with Crippen LogP contribution in [-0.4, -0.2) is 38.3 Å². The molecule has 5 fully saturated rings. The number of nitrogens with one attached hydrogen (secondary N) is 2. The zero-order valence-electron chi connectivity index (χ0n) is 15.7. The van der Waals surface area contributed by atoms with Gasteiger partial charge in [-0.3, -0.25) is 4.79 Å². The van der Waals surface area contributed by atoms with E-state index in [-0.39, 0.29) is 11.0 Å². The average molecular weight is 335 g/mol. The van der Waals surface area contributed by atoms with E-state index >= 15 is 0 Å². The monoisotopic (exact) mass is 334 g/mol. The van der Waals surface area contributed by atoms with E-state index in [0.717, 1.165) is 38.1 Å². The smallest absolute Gasteiger partial charge is 0.226 e. The van der Waals surface area contributed by atoms with Crippen LogP contribution in [0.2, 0.25) is 0 Å². The summed E-state index contributed by atoms with van der Waals surface area (Å²) in [5, 5.41) is 6.94. The van der Waals surface area contributed by atoms with E-state index in [1.54, 1.807) is 7.11 Å². The van der Waals surface area contributed by atoms with Gasteiger partial charge < -0.3 is 15.4 Å². The second-order valence-electron chi connectivity index (χ2n) is 10.3. The van der Waals surface area contributed by atoms with Crippen molar-refractivity contribution >= 4 is 5.91 Å². The largest absolute Gasteiger partial charge is 0.383 e. The first-order chi connectivity index (χ1) is 11.3. The van der Waals surface area contributed by atoms with E-state index < -0.39 is 0 Å². The summed E-state index contributed by atoms with van der Waals surface area (Å²) >= 11 is 0. The third-order valence-electron chi connectivity index (χ3n) is 7.45. The quantitative estimate of drug-likeness (QED) is 0.813. The van der Waals surface area contributed by atoms with Crippen LogP contribution in [0.1, 0.15) is 65.2 Å². The van der Waals surface area contributed by atoms with Crippen molar-refractivity contribution in [2.24, 2.45) is 22.2 Å². The van der Waals surface area contributed by atoms with Crippen LogP contribution in [0.5, 0.6) is 0 Å². The van der Waals surface area contributed by atoms with Gasteiger partial charge in [0.1, 0.15) is 0 Å². The Labute approximate surface area is 146 Å². The fraction of sp³-hybridized carbons (Fsp3) is 0.950. The van der Waals surface area contributed by atoms with Crippen molar-refractivity contribution in [2.75, 3.05) is 26.8 Å². The zero-order valence-corrected chi connectivity index (χ0v) is 15.7. The van der Waals surface area contributed by atoms with Gasteiger partial charge in [0, 0.05) is 13.7 Å². The molecule has 0 aromatic heterocycles. The first kappa shape index (κ1) is 16.8.